The molecule has 0 spiro atoms. The molecule has 15 heavy (non-hydrogen) atoms. The Labute approximate surface area is 88.0 Å². The summed E-state index contributed by atoms with van der Waals surface area (Å²) in [6.45, 7) is 0.880. The summed E-state index contributed by atoms with van der Waals surface area (Å²) < 4.78 is 11.2. The number of hydrogen-bond acceptors (Lipinski definition) is 5. The molecule has 6 nitrogen and oxygen atoms in total. The molecule has 0 amide bonds. The van der Waals surface area contributed by atoms with Crippen LogP contribution in [0.25, 0.3) is 0 Å². The first-order valence-corrected chi connectivity index (χ1v) is 4.60. The van der Waals surface area contributed by atoms with Gasteiger partial charge in [0.2, 0.25) is 0 Å². The fraction of sp³-hybridized carbons (Fsp3) is 0.556. The first-order valence-electron chi connectivity index (χ1n) is 4.60. The first kappa shape index (κ1) is 11.5. The maximum atomic E-state index is 11.5. The lowest BCUT2D eigenvalue weighted by Gasteiger charge is -2.05. The molecule has 0 aliphatic heterocycles. The summed E-state index contributed by atoms with van der Waals surface area (Å²) in [4.78, 5) is 11.5. The van der Waals surface area contributed by atoms with Crippen molar-refractivity contribution in [2.24, 2.45) is 7.05 Å². The lowest BCUT2D eigenvalue weighted by Crippen LogP contribution is -2.14. The molecular formula is C9H15N3O3. The number of aromatic nitrogens is 2. The number of nitrogens with two attached hydrogens (primary N) is 1. The monoisotopic (exact) mass is 213 g/mol. The van der Waals surface area contributed by atoms with Crippen molar-refractivity contribution in [1.29, 1.82) is 0 Å². The second-order valence-electron chi connectivity index (χ2n) is 3.05. The van der Waals surface area contributed by atoms with Crippen molar-refractivity contribution in [3.05, 3.63) is 11.9 Å². The predicted molar refractivity (Wildman–Crippen MR) is 54.4 cm³/mol. The summed E-state index contributed by atoms with van der Waals surface area (Å²) in [7, 11) is 3.24. The summed E-state index contributed by atoms with van der Waals surface area (Å²) in [6, 6.07) is 0. The molecule has 0 aliphatic carbocycles. The molecule has 84 valence electrons. The molecule has 0 aromatic carbocycles. The van der Waals surface area contributed by atoms with Gasteiger partial charge in [0.25, 0.3) is 0 Å². The molecule has 1 heterocycles. The Morgan fingerprint density at radius 3 is 2.87 bits per heavy atom. The van der Waals surface area contributed by atoms with Gasteiger partial charge in [-0.15, -0.1) is 0 Å². The highest BCUT2D eigenvalue weighted by Crippen LogP contribution is 2.10. The Bertz CT molecular complexity index is 316. The highest BCUT2D eigenvalue weighted by atomic mass is 16.5. The topological polar surface area (TPSA) is 79.4 Å². The molecule has 0 unspecified atom stereocenters. The van der Waals surface area contributed by atoms with E-state index in [9.17, 15) is 4.79 Å². The Kier molecular flexibility index (Phi) is 4.11. The third kappa shape index (κ3) is 2.95. The van der Waals surface area contributed by atoms with E-state index in [0.717, 1.165) is 0 Å². The van der Waals surface area contributed by atoms with Crippen LogP contribution in [-0.4, -0.2) is 36.1 Å². The number of carbonyl (C=O) groups is 1. The maximum Gasteiger partial charge on any atom is 0.358 e. The van der Waals surface area contributed by atoms with Crippen molar-refractivity contribution < 1.29 is 14.3 Å². The molecule has 0 fully saturated rings. The van der Waals surface area contributed by atoms with E-state index in [1.807, 2.05) is 0 Å². The van der Waals surface area contributed by atoms with Crippen LogP contribution in [0.1, 0.15) is 16.9 Å². The largest absolute Gasteiger partial charge is 0.461 e. The first-order chi connectivity index (χ1) is 7.16. The maximum absolute atomic E-state index is 11.5. The number of nitrogens with zero attached hydrogens (tertiary/aromatic N) is 2. The Morgan fingerprint density at radius 2 is 2.33 bits per heavy atom. The van der Waals surface area contributed by atoms with Crippen LogP contribution < -0.4 is 5.73 Å². The lowest BCUT2D eigenvalue weighted by molar-refractivity contribution is 0.0457. The number of nitrogen functional groups attached to an aromatic ring is 1. The Balaban J connectivity index is 2.47. The highest BCUT2D eigenvalue weighted by Gasteiger charge is 2.15. The van der Waals surface area contributed by atoms with Crippen molar-refractivity contribution in [1.82, 2.24) is 9.78 Å². The molecule has 1 aromatic rings. The number of carbonyl (C=O) groups excluding carboxylic acids is 1. The lowest BCUT2D eigenvalue weighted by atomic mass is 10.4. The van der Waals surface area contributed by atoms with Gasteiger partial charge in [-0.25, -0.2) is 4.79 Å². The van der Waals surface area contributed by atoms with Crippen molar-refractivity contribution >= 4 is 11.7 Å². The van der Waals surface area contributed by atoms with Crippen LogP contribution in [0.4, 0.5) is 5.69 Å². The third-order valence-electron chi connectivity index (χ3n) is 1.89. The van der Waals surface area contributed by atoms with Gasteiger partial charge in [-0.1, -0.05) is 0 Å². The SMILES string of the molecule is COCCCOC(=O)c1c(N)cnn1C. The number of rotatable bonds is 5. The quantitative estimate of drug-likeness (QED) is 0.558. The molecular weight excluding hydrogens is 198 g/mol. The highest BCUT2D eigenvalue weighted by molar-refractivity contribution is 5.92. The minimum absolute atomic E-state index is 0.285. The second kappa shape index (κ2) is 5.35. The Hall–Kier alpha value is -1.56. The van der Waals surface area contributed by atoms with E-state index in [1.165, 1.54) is 10.9 Å². The summed E-state index contributed by atoms with van der Waals surface area (Å²) in [6.07, 6.45) is 2.09. The zero-order chi connectivity index (χ0) is 11.3. The van der Waals surface area contributed by atoms with Crippen LogP contribution in [-0.2, 0) is 16.5 Å². The van der Waals surface area contributed by atoms with Crippen LogP contribution in [0, 0.1) is 0 Å². The van der Waals surface area contributed by atoms with E-state index < -0.39 is 5.97 Å². The van der Waals surface area contributed by atoms with Crippen molar-refractivity contribution in [3.8, 4) is 0 Å². The van der Waals surface area contributed by atoms with Gasteiger partial charge in [0, 0.05) is 27.2 Å². The molecule has 0 saturated heterocycles. The smallest absolute Gasteiger partial charge is 0.358 e. The van der Waals surface area contributed by atoms with Gasteiger partial charge >= 0.3 is 5.97 Å². The van der Waals surface area contributed by atoms with Gasteiger partial charge < -0.3 is 15.2 Å². The molecule has 0 radical (unpaired) electrons. The van der Waals surface area contributed by atoms with Crippen molar-refractivity contribution in [2.45, 2.75) is 6.42 Å². The summed E-state index contributed by atoms with van der Waals surface area (Å²) in [5.74, 6) is -0.455. The van der Waals surface area contributed by atoms with Gasteiger partial charge in [0.05, 0.1) is 18.5 Å². The molecule has 2 N–H and O–H groups in total. The molecule has 0 saturated carbocycles. The average molecular weight is 213 g/mol. The van der Waals surface area contributed by atoms with Crippen molar-refractivity contribution in [3.63, 3.8) is 0 Å². The number of methoxy groups -OCH3 is 1. The van der Waals surface area contributed by atoms with E-state index in [1.54, 1.807) is 14.2 Å². The standard InChI is InChI=1S/C9H15N3O3/c1-12-8(7(10)6-11-12)9(13)15-5-3-4-14-2/h6H,3-5,10H2,1-2H3. The van der Waals surface area contributed by atoms with Crippen LogP contribution in [0.15, 0.2) is 6.20 Å². The van der Waals surface area contributed by atoms with Gasteiger partial charge in [-0.3, -0.25) is 4.68 Å². The number of anilines is 1. The number of aryl methyl sites for hydroxylation is 1. The van der Waals surface area contributed by atoms with Gasteiger partial charge in [-0.05, 0) is 0 Å². The molecule has 0 aliphatic rings. The fourth-order valence-electron chi connectivity index (χ4n) is 1.14. The predicted octanol–water partition coefficient (Wildman–Crippen LogP) is 0.196. The van der Waals surface area contributed by atoms with Gasteiger partial charge in [0.1, 0.15) is 0 Å². The van der Waals surface area contributed by atoms with Crippen molar-refractivity contribution in [2.75, 3.05) is 26.1 Å². The summed E-state index contributed by atoms with van der Waals surface area (Å²) in [5.41, 5.74) is 6.18. The van der Waals surface area contributed by atoms with Crippen LogP contribution in [0.5, 0.6) is 0 Å². The minimum Gasteiger partial charge on any atom is -0.461 e. The average Bonchev–Trinajstić information content (AvgIpc) is 2.53. The van der Waals surface area contributed by atoms with Crippen LogP contribution in [0.3, 0.4) is 0 Å². The molecule has 6 heteroatoms. The zero-order valence-corrected chi connectivity index (χ0v) is 8.90. The van der Waals surface area contributed by atoms with E-state index in [-0.39, 0.29) is 5.69 Å². The number of esters is 1. The number of ether oxygens (including phenoxy) is 2. The third-order valence-corrected chi connectivity index (χ3v) is 1.89. The molecule has 1 rings (SSSR count). The zero-order valence-electron chi connectivity index (χ0n) is 8.90. The summed E-state index contributed by atoms with van der Waals surface area (Å²) in [5, 5.41) is 3.85. The molecule has 0 bridgehead atoms. The van der Waals surface area contributed by atoms with Gasteiger partial charge in [0.15, 0.2) is 5.69 Å². The second-order valence-corrected chi connectivity index (χ2v) is 3.05. The fourth-order valence-corrected chi connectivity index (χ4v) is 1.14. The Morgan fingerprint density at radius 1 is 1.60 bits per heavy atom. The van der Waals surface area contributed by atoms with E-state index >= 15 is 0 Å². The number of hydrogen-bond donors (Lipinski definition) is 1. The molecule has 1 aromatic heterocycles. The van der Waals surface area contributed by atoms with Crippen LogP contribution >= 0.6 is 0 Å². The van der Waals surface area contributed by atoms with E-state index in [4.69, 9.17) is 15.2 Å². The van der Waals surface area contributed by atoms with Gasteiger partial charge in [-0.2, -0.15) is 5.10 Å². The minimum atomic E-state index is -0.455. The molecule has 0 atom stereocenters. The van der Waals surface area contributed by atoms with Crippen LogP contribution in [0.2, 0.25) is 0 Å². The van der Waals surface area contributed by atoms with E-state index in [2.05, 4.69) is 5.10 Å². The van der Waals surface area contributed by atoms with E-state index in [0.29, 0.717) is 25.3 Å². The normalized spacial score (nSPS) is 10.3. The summed E-state index contributed by atoms with van der Waals surface area (Å²) >= 11 is 0.